The molecule has 0 saturated carbocycles. The van der Waals surface area contributed by atoms with Crippen LogP contribution < -0.4 is 15.8 Å². The molecule has 0 bridgehead atoms. The van der Waals surface area contributed by atoms with Gasteiger partial charge < -0.3 is 10.2 Å². The maximum Gasteiger partial charge on any atom is 0.288 e. The lowest BCUT2D eigenvalue weighted by Gasteiger charge is -2.30. The first-order chi connectivity index (χ1) is 13.1. The summed E-state index contributed by atoms with van der Waals surface area (Å²) >= 11 is 1.38. The van der Waals surface area contributed by atoms with Gasteiger partial charge in [-0.15, -0.1) is 5.10 Å². The van der Waals surface area contributed by atoms with E-state index >= 15 is 0 Å². The van der Waals surface area contributed by atoms with E-state index in [9.17, 15) is 9.59 Å². The minimum absolute atomic E-state index is 0.0210. The molecule has 140 valence electrons. The Labute approximate surface area is 159 Å². The zero-order valence-corrected chi connectivity index (χ0v) is 15.8. The lowest BCUT2D eigenvalue weighted by molar-refractivity contribution is 0.0948. The molecule has 0 radical (unpaired) electrons. The molecule has 9 heteroatoms. The Kier molecular flexibility index (Phi) is 4.85. The second-order valence-electron chi connectivity index (χ2n) is 6.75. The van der Waals surface area contributed by atoms with Crippen LogP contribution in [0.15, 0.2) is 35.4 Å². The van der Waals surface area contributed by atoms with Crippen LogP contribution in [-0.4, -0.2) is 38.6 Å². The Balaban J connectivity index is 1.56. The molecule has 1 atom stereocenters. The number of hydrogen-bond acceptors (Lipinski definition) is 7. The number of aromatic nitrogens is 4. The van der Waals surface area contributed by atoms with Crippen molar-refractivity contribution < 1.29 is 4.79 Å². The maximum atomic E-state index is 12.7. The number of pyridine rings is 1. The van der Waals surface area contributed by atoms with Gasteiger partial charge in [-0.25, -0.2) is 4.98 Å². The summed E-state index contributed by atoms with van der Waals surface area (Å²) in [6, 6.07) is 5.45. The summed E-state index contributed by atoms with van der Waals surface area (Å²) in [5.74, 6) is 0.122. The lowest BCUT2D eigenvalue weighted by atomic mass is 10.0. The van der Waals surface area contributed by atoms with Gasteiger partial charge in [0.25, 0.3) is 11.5 Å². The van der Waals surface area contributed by atoms with Crippen LogP contribution in [-0.2, 0) is 6.54 Å². The van der Waals surface area contributed by atoms with E-state index in [1.54, 1.807) is 18.3 Å². The van der Waals surface area contributed by atoms with Crippen molar-refractivity contribution in [2.75, 3.05) is 18.0 Å². The predicted octanol–water partition coefficient (Wildman–Crippen LogP) is 1.71. The normalized spacial score (nSPS) is 17.2. The van der Waals surface area contributed by atoms with Gasteiger partial charge >= 0.3 is 0 Å². The molecule has 3 aromatic rings. The molecule has 8 nitrogen and oxygen atoms in total. The standard InChI is InChI=1S/C18H20N6O2S/c1-12-5-4-8-23(11-12)18-22-24-16(26)14(10-21-17(24)27-18)15(25)20-9-13-6-2-3-7-19-13/h2-3,6-7,10,12H,4-5,8-9,11H2,1H3,(H,20,25)/t12-/m1/s1. The highest BCUT2D eigenvalue weighted by Gasteiger charge is 2.22. The lowest BCUT2D eigenvalue weighted by Crippen LogP contribution is -2.34. The van der Waals surface area contributed by atoms with Crippen molar-refractivity contribution in [3.05, 3.63) is 52.2 Å². The number of nitrogens with zero attached hydrogens (tertiary/aromatic N) is 5. The third kappa shape index (κ3) is 3.68. The van der Waals surface area contributed by atoms with Crippen molar-refractivity contribution in [2.45, 2.75) is 26.3 Å². The Morgan fingerprint density at radius 1 is 1.37 bits per heavy atom. The molecule has 1 saturated heterocycles. The SMILES string of the molecule is C[C@@H]1CCCN(c2nn3c(=O)c(C(=O)NCc4ccccn4)cnc3s2)C1. The zero-order chi connectivity index (χ0) is 18.8. The van der Waals surface area contributed by atoms with Gasteiger partial charge in [-0.1, -0.05) is 24.3 Å². The maximum absolute atomic E-state index is 12.7. The van der Waals surface area contributed by atoms with Crippen molar-refractivity contribution in [3.8, 4) is 0 Å². The molecule has 1 amide bonds. The molecule has 0 unspecified atom stereocenters. The number of anilines is 1. The quantitative estimate of drug-likeness (QED) is 0.736. The van der Waals surface area contributed by atoms with E-state index in [2.05, 4.69) is 32.2 Å². The Morgan fingerprint density at radius 3 is 3.04 bits per heavy atom. The molecule has 1 fully saturated rings. The minimum Gasteiger partial charge on any atom is -0.346 e. The highest BCUT2D eigenvalue weighted by atomic mass is 32.1. The smallest absolute Gasteiger partial charge is 0.288 e. The number of carbonyl (C=O) groups excluding carboxylic acids is 1. The fraction of sp³-hybridized carbons (Fsp3) is 0.389. The van der Waals surface area contributed by atoms with Crippen LogP contribution >= 0.6 is 11.3 Å². The average molecular weight is 384 g/mol. The molecule has 27 heavy (non-hydrogen) atoms. The Bertz CT molecular complexity index is 1020. The minimum atomic E-state index is -0.478. The van der Waals surface area contributed by atoms with Crippen LogP contribution in [0.5, 0.6) is 0 Å². The van der Waals surface area contributed by atoms with Gasteiger partial charge in [-0.2, -0.15) is 4.52 Å². The summed E-state index contributed by atoms with van der Waals surface area (Å²) in [7, 11) is 0. The molecule has 1 aliphatic heterocycles. The summed E-state index contributed by atoms with van der Waals surface area (Å²) in [4.78, 5) is 36.2. The molecule has 3 aromatic heterocycles. The number of hydrogen-bond donors (Lipinski definition) is 1. The van der Waals surface area contributed by atoms with E-state index in [4.69, 9.17) is 0 Å². The number of amides is 1. The van der Waals surface area contributed by atoms with Crippen LogP contribution in [0.3, 0.4) is 0 Å². The molecule has 1 aliphatic rings. The van der Waals surface area contributed by atoms with E-state index in [0.29, 0.717) is 10.9 Å². The molecular weight excluding hydrogens is 364 g/mol. The average Bonchev–Trinajstić information content (AvgIpc) is 3.13. The van der Waals surface area contributed by atoms with E-state index in [-0.39, 0.29) is 12.1 Å². The van der Waals surface area contributed by atoms with Crippen LogP contribution in [0.1, 0.15) is 35.8 Å². The largest absolute Gasteiger partial charge is 0.346 e. The van der Waals surface area contributed by atoms with Crippen LogP contribution in [0.2, 0.25) is 0 Å². The van der Waals surface area contributed by atoms with Crippen LogP contribution in [0, 0.1) is 5.92 Å². The number of piperidine rings is 1. The fourth-order valence-corrected chi connectivity index (χ4v) is 4.09. The molecule has 4 rings (SSSR count). The molecule has 1 N–H and O–H groups in total. The first-order valence-corrected chi connectivity index (χ1v) is 9.75. The first kappa shape index (κ1) is 17.6. The topological polar surface area (TPSA) is 92.5 Å². The molecule has 0 aliphatic carbocycles. The summed E-state index contributed by atoms with van der Waals surface area (Å²) in [5, 5.41) is 7.91. The molecule has 4 heterocycles. The molecule has 0 aromatic carbocycles. The van der Waals surface area contributed by atoms with E-state index in [0.717, 1.165) is 30.3 Å². The van der Waals surface area contributed by atoms with E-state index in [1.165, 1.54) is 28.5 Å². The van der Waals surface area contributed by atoms with Crippen molar-refractivity contribution >= 4 is 27.3 Å². The summed E-state index contributed by atoms with van der Waals surface area (Å²) in [5.41, 5.74) is 0.244. The Morgan fingerprint density at radius 2 is 2.26 bits per heavy atom. The first-order valence-electron chi connectivity index (χ1n) is 8.94. The van der Waals surface area contributed by atoms with Crippen LogP contribution in [0.25, 0.3) is 4.96 Å². The number of nitrogens with one attached hydrogen (secondary N) is 1. The monoisotopic (exact) mass is 384 g/mol. The van der Waals surface area contributed by atoms with E-state index in [1.807, 2.05) is 6.07 Å². The Hall–Kier alpha value is -2.81. The van der Waals surface area contributed by atoms with Crippen LogP contribution in [0.4, 0.5) is 5.13 Å². The van der Waals surface area contributed by atoms with Gasteiger partial charge in [0.2, 0.25) is 10.1 Å². The van der Waals surface area contributed by atoms with Gasteiger partial charge in [0.1, 0.15) is 5.56 Å². The van der Waals surface area contributed by atoms with Gasteiger partial charge in [0.15, 0.2) is 0 Å². The number of carbonyl (C=O) groups is 1. The third-order valence-corrected chi connectivity index (χ3v) is 5.59. The third-order valence-electron chi connectivity index (χ3n) is 4.60. The van der Waals surface area contributed by atoms with Crippen molar-refractivity contribution in [1.82, 2.24) is 24.9 Å². The fourth-order valence-electron chi connectivity index (χ4n) is 3.19. The van der Waals surface area contributed by atoms with Crippen molar-refractivity contribution in [2.24, 2.45) is 5.92 Å². The second-order valence-corrected chi connectivity index (χ2v) is 7.69. The van der Waals surface area contributed by atoms with Gasteiger partial charge in [0, 0.05) is 25.5 Å². The number of fused-ring (bicyclic) bond motifs is 1. The van der Waals surface area contributed by atoms with Gasteiger partial charge in [-0.3, -0.25) is 14.6 Å². The number of rotatable bonds is 4. The molecular formula is C18H20N6O2S. The van der Waals surface area contributed by atoms with Gasteiger partial charge in [0.05, 0.1) is 12.2 Å². The zero-order valence-electron chi connectivity index (χ0n) is 15.0. The predicted molar refractivity (Wildman–Crippen MR) is 103 cm³/mol. The summed E-state index contributed by atoms with van der Waals surface area (Å²) in [6.07, 6.45) is 5.30. The van der Waals surface area contributed by atoms with Crippen molar-refractivity contribution in [3.63, 3.8) is 0 Å². The highest BCUT2D eigenvalue weighted by Crippen LogP contribution is 2.26. The summed E-state index contributed by atoms with van der Waals surface area (Å²) < 4.78 is 1.23. The molecule has 0 spiro atoms. The van der Waals surface area contributed by atoms with Crippen molar-refractivity contribution in [1.29, 1.82) is 0 Å². The highest BCUT2D eigenvalue weighted by molar-refractivity contribution is 7.20. The van der Waals surface area contributed by atoms with E-state index < -0.39 is 11.5 Å². The second kappa shape index (κ2) is 7.43. The summed E-state index contributed by atoms with van der Waals surface area (Å²) in [6.45, 7) is 4.31. The van der Waals surface area contributed by atoms with Gasteiger partial charge in [-0.05, 0) is 30.9 Å².